The topological polar surface area (TPSA) is 43.8 Å². The molecule has 5 nitrogen and oxygen atoms in total. The molecule has 1 saturated heterocycles. The molecule has 6 heteroatoms. The summed E-state index contributed by atoms with van der Waals surface area (Å²) in [7, 11) is 5.88. The zero-order valence-electron chi connectivity index (χ0n) is 16.4. The molecule has 1 aromatic heterocycles. The molecular formula is C21H30IN5. The van der Waals surface area contributed by atoms with Crippen LogP contribution in [0.5, 0.6) is 0 Å². The van der Waals surface area contributed by atoms with E-state index in [1.54, 1.807) is 0 Å². The first-order chi connectivity index (χ1) is 12.7. The van der Waals surface area contributed by atoms with Crippen LogP contribution in [0, 0.1) is 5.92 Å². The molecule has 0 spiro atoms. The lowest BCUT2D eigenvalue weighted by Gasteiger charge is -2.22. The number of benzene rings is 1. The van der Waals surface area contributed by atoms with Gasteiger partial charge in [-0.1, -0.05) is 36.4 Å². The highest BCUT2D eigenvalue weighted by molar-refractivity contribution is 14.0. The minimum absolute atomic E-state index is 0. The minimum Gasteiger partial charge on any atom is -0.363 e. The molecule has 27 heavy (non-hydrogen) atoms. The molecule has 0 saturated carbocycles. The van der Waals surface area contributed by atoms with Crippen LogP contribution in [0.3, 0.4) is 0 Å². The molecule has 3 rings (SSSR count). The Morgan fingerprint density at radius 3 is 2.67 bits per heavy atom. The first-order valence-electron chi connectivity index (χ1n) is 9.28. The number of guanidine groups is 1. The molecule has 1 N–H and O–H groups in total. The fraction of sp³-hybridized carbons (Fsp3) is 0.429. The van der Waals surface area contributed by atoms with E-state index < -0.39 is 0 Å². The van der Waals surface area contributed by atoms with E-state index in [1.165, 1.54) is 12.0 Å². The van der Waals surface area contributed by atoms with Crippen LogP contribution in [-0.4, -0.2) is 50.1 Å². The van der Waals surface area contributed by atoms with Crippen molar-refractivity contribution in [2.45, 2.75) is 19.4 Å². The van der Waals surface area contributed by atoms with Crippen LogP contribution < -0.4 is 10.2 Å². The summed E-state index contributed by atoms with van der Waals surface area (Å²) in [5, 5.41) is 3.47. The van der Waals surface area contributed by atoms with Crippen molar-refractivity contribution in [3.05, 3.63) is 59.8 Å². The van der Waals surface area contributed by atoms with Crippen molar-refractivity contribution >= 4 is 35.8 Å². The average Bonchev–Trinajstić information content (AvgIpc) is 3.11. The van der Waals surface area contributed by atoms with Gasteiger partial charge in [-0.25, -0.2) is 4.98 Å². The molecule has 0 bridgehead atoms. The van der Waals surface area contributed by atoms with Crippen molar-refractivity contribution in [2.75, 3.05) is 39.1 Å². The van der Waals surface area contributed by atoms with Gasteiger partial charge in [-0.15, -0.1) is 24.0 Å². The number of nitrogens with one attached hydrogen (secondary N) is 1. The molecule has 1 aliphatic heterocycles. The molecule has 0 aliphatic carbocycles. The third-order valence-electron chi connectivity index (χ3n) is 4.84. The van der Waals surface area contributed by atoms with Gasteiger partial charge in [0.05, 0.1) is 12.2 Å². The van der Waals surface area contributed by atoms with E-state index >= 15 is 0 Å². The second-order valence-corrected chi connectivity index (χ2v) is 7.07. The summed E-state index contributed by atoms with van der Waals surface area (Å²) in [5.41, 5.74) is 2.45. The van der Waals surface area contributed by atoms with Crippen molar-refractivity contribution in [1.82, 2.24) is 15.2 Å². The van der Waals surface area contributed by atoms with Crippen LogP contribution in [0.15, 0.2) is 53.5 Å². The number of pyridine rings is 1. The van der Waals surface area contributed by atoms with Gasteiger partial charge in [0, 0.05) is 34.2 Å². The Morgan fingerprint density at radius 2 is 1.96 bits per heavy atom. The van der Waals surface area contributed by atoms with Crippen LogP contribution in [0.4, 0.5) is 5.82 Å². The molecule has 146 valence electrons. The zero-order chi connectivity index (χ0) is 18.4. The van der Waals surface area contributed by atoms with Crippen LogP contribution in [-0.2, 0) is 13.0 Å². The average molecular weight is 479 g/mol. The van der Waals surface area contributed by atoms with E-state index in [1.807, 2.05) is 38.2 Å². The lowest BCUT2D eigenvalue weighted by molar-refractivity contribution is 0.459. The standard InChI is InChI=1S/C21H29N5.HI/c1-22-21(23-15-19-10-7-11-20(24-19)25(2)3)26-13-12-18(16-26)14-17-8-5-4-6-9-17;/h4-11,18H,12-16H2,1-3H3,(H,22,23);1H. The van der Waals surface area contributed by atoms with Gasteiger partial charge < -0.3 is 15.1 Å². The predicted octanol–water partition coefficient (Wildman–Crippen LogP) is 3.41. The number of aliphatic imine (C=N–C) groups is 1. The van der Waals surface area contributed by atoms with Crippen LogP contribution >= 0.6 is 24.0 Å². The summed E-state index contributed by atoms with van der Waals surface area (Å²) >= 11 is 0. The van der Waals surface area contributed by atoms with Crippen LogP contribution in [0.25, 0.3) is 0 Å². The molecule has 1 aliphatic rings. The summed E-state index contributed by atoms with van der Waals surface area (Å²) in [6.07, 6.45) is 2.35. The van der Waals surface area contributed by atoms with Gasteiger partial charge in [0.25, 0.3) is 0 Å². The Morgan fingerprint density at radius 1 is 1.19 bits per heavy atom. The number of hydrogen-bond donors (Lipinski definition) is 1. The minimum atomic E-state index is 0. The Kier molecular flexibility index (Phi) is 8.34. The third kappa shape index (κ3) is 6.09. The summed E-state index contributed by atoms with van der Waals surface area (Å²) in [6.45, 7) is 2.80. The molecule has 2 aromatic rings. The Balaban J connectivity index is 0.00000261. The molecule has 1 atom stereocenters. The summed E-state index contributed by atoms with van der Waals surface area (Å²) < 4.78 is 0. The van der Waals surface area contributed by atoms with Gasteiger partial charge in [0.1, 0.15) is 5.82 Å². The molecule has 1 aromatic carbocycles. The number of likely N-dealkylation sites (tertiary alicyclic amines) is 1. The van der Waals surface area contributed by atoms with Gasteiger partial charge >= 0.3 is 0 Å². The maximum atomic E-state index is 4.67. The number of aromatic nitrogens is 1. The number of halogens is 1. The number of rotatable bonds is 5. The van der Waals surface area contributed by atoms with Crippen molar-refractivity contribution in [2.24, 2.45) is 10.9 Å². The molecule has 1 unspecified atom stereocenters. The van der Waals surface area contributed by atoms with E-state index in [0.717, 1.165) is 37.0 Å². The van der Waals surface area contributed by atoms with Gasteiger partial charge in [0.15, 0.2) is 5.96 Å². The van der Waals surface area contributed by atoms with E-state index in [4.69, 9.17) is 0 Å². The van der Waals surface area contributed by atoms with Crippen molar-refractivity contribution in [3.8, 4) is 0 Å². The maximum absolute atomic E-state index is 4.67. The van der Waals surface area contributed by atoms with E-state index in [-0.39, 0.29) is 24.0 Å². The summed E-state index contributed by atoms with van der Waals surface area (Å²) in [5.74, 6) is 2.63. The Bertz CT molecular complexity index is 732. The van der Waals surface area contributed by atoms with Gasteiger partial charge in [-0.2, -0.15) is 0 Å². The lowest BCUT2D eigenvalue weighted by Crippen LogP contribution is -2.39. The first kappa shape index (κ1) is 21.5. The first-order valence-corrected chi connectivity index (χ1v) is 9.28. The summed E-state index contributed by atoms with van der Waals surface area (Å²) in [4.78, 5) is 13.5. The van der Waals surface area contributed by atoms with E-state index in [2.05, 4.69) is 56.6 Å². The highest BCUT2D eigenvalue weighted by atomic mass is 127. The quantitative estimate of drug-likeness (QED) is 0.406. The smallest absolute Gasteiger partial charge is 0.193 e. The number of hydrogen-bond acceptors (Lipinski definition) is 3. The van der Waals surface area contributed by atoms with Gasteiger partial charge in [0.2, 0.25) is 0 Å². The zero-order valence-corrected chi connectivity index (χ0v) is 18.8. The molecule has 0 amide bonds. The molecule has 2 heterocycles. The molecular weight excluding hydrogens is 449 g/mol. The van der Waals surface area contributed by atoms with Gasteiger partial charge in [-0.05, 0) is 36.5 Å². The number of anilines is 1. The second-order valence-electron chi connectivity index (χ2n) is 7.07. The van der Waals surface area contributed by atoms with Crippen molar-refractivity contribution in [3.63, 3.8) is 0 Å². The Labute approximate surface area is 179 Å². The highest BCUT2D eigenvalue weighted by Crippen LogP contribution is 2.21. The molecule has 1 fully saturated rings. The largest absolute Gasteiger partial charge is 0.363 e. The highest BCUT2D eigenvalue weighted by Gasteiger charge is 2.24. The van der Waals surface area contributed by atoms with Crippen LogP contribution in [0.1, 0.15) is 17.7 Å². The Hall–Kier alpha value is -1.83. The fourth-order valence-electron chi connectivity index (χ4n) is 3.46. The lowest BCUT2D eigenvalue weighted by atomic mass is 9.99. The van der Waals surface area contributed by atoms with Crippen LogP contribution in [0.2, 0.25) is 0 Å². The predicted molar refractivity (Wildman–Crippen MR) is 124 cm³/mol. The second kappa shape index (κ2) is 10.5. The number of nitrogens with zero attached hydrogens (tertiary/aromatic N) is 4. The van der Waals surface area contributed by atoms with E-state index in [9.17, 15) is 0 Å². The SMILES string of the molecule is CN=C(NCc1cccc(N(C)C)n1)N1CCC(Cc2ccccc2)C1.I. The third-order valence-corrected chi connectivity index (χ3v) is 4.84. The fourth-order valence-corrected chi connectivity index (χ4v) is 3.46. The molecule has 0 radical (unpaired) electrons. The summed E-state index contributed by atoms with van der Waals surface area (Å²) in [6, 6.07) is 16.9. The normalized spacial score (nSPS) is 16.8. The van der Waals surface area contributed by atoms with Crippen molar-refractivity contribution < 1.29 is 0 Å². The monoisotopic (exact) mass is 479 g/mol. The maximum Gasteiger partial charge on any atom is 0.193 e. The van der Waals surface area contributed by atoms with Crippen molar-refractivity contribution in [1.29, 1.82) is 0 Å². The van der Waals surface area contributed by atoms with Gasteiger partial charge in [-0.3, -0.25) is 4.99 Å². The van der Waals surface area contributed by atoms with E-state index in [0.29, 0.717) is 12.5 Å².